The highest BCUT2D eigenvalue weighted by Crippen LogP contribution is 2.24. The Bertz CT molecular complexity index is 1180. The van der Waals surface area contributed by atoms with Crippen molar-refractivity contribution < 1.29 is 14.3 Å². The zero-order valence-electron chi connectivity index (χ0n) is 16.2. The third-order valence-corrected chi connectivity index (χ3v) is 5.23. The van der Waals surface area contributed by atoms with Gasteiger partial charge in [0.05, 0.1) is 0 Å². The summed E-state index contributed by atoms with van der Waals surface area (Å²) in [5.41, 5.74) is 3.43. The SMILES string of the molecule is Cc1cccc(C(=O)Nc2ccc(OC(=O)c3csc(-c4ccccc4)n3)cc2)c1. The zero-order valence-corrected chi connectivity index (χ0v) is 17.0. The molecule has 0 bridgehead atoms. The first kappa shape index (κ1) is 19.5. The van der Waals surface area contributed by atoms with E-state index < -0.39 is 5.97 Å². The lowest BCUT2D eigenvalue weighted by Gasteiger charge is -2.07. The average molecular weight is 414 g/mol. The van der Waals surface area contributed by atoms with Crippen molar-refractivity contribution in [2.24, 2.45) is 0 Å². The summed E-state index contributed by atoms with van der Waals surface area (Å²) >= 11 is 1.39. The Balaban J connectivity index is 1.39. The second-order valence-electron chi connectivity index (χ2n) is 6.64. The number of carbonyl (C=O) groups excluding carboxylic acids is 2. The molecule has 0 spiro atoms. The third kappa shape index (κ3) is 4.61. The van der Waals surface area contributed by atoms with Crippen molar-refractivity contribution >= 4 is 28.9 Å². The van der Waals surface area contributed by atoms with Gasteiger partial charge in [-0.3, -0.25) is 4.79 Å². The van der Waals surface area contributed by atoms with Crippen molar-refractivity contribution in [2.45, 2.75) is 6.92 Å². The van der Waals surface area contributed by atoms with Gasteiger partial charge in [0, 0.05) is 22.2 Å². The van der Waals surface area contributed by atoms with Crippen molar-refractivity contribution in [2.75, 3.05) is 5.32 Å². The van der Waals surface area contributed by atoms with Gasteiger partial charge in [0.1, 0.15) is 10.8 Å². The first-order valence-electron chi connectivity index (χ1n) is 9.30. The Kier molecular flexibility index (Phi) is 5.68. The number of hydrogen-bond donors (Lipinski definition) is 1. The summed E-state index contributed by atoms with van der Waals surface area (Å²) in [5.74, 6) is -0.341. The van der Waals surface area contributed by atoms with Crippen LogP contribution in [-0.4, -0.2) is 16.9 Å². The molecule has 0 aliphatic carbocycles. The molecule has 4 rings (SSSR count). The second kappa shape index (κ2) is 8.71. The van der Waals surface area contributed by atoms with Crippen LogP contribution in [0.5, 0.6) is 5.75 Å². The molecule has 0 atom stereocenters. The zero-order chi connectivity index (χ0) is 20.9. The van der Waals surface area contributed by atoms with E-state index in [1.54, 1.807) is 35.7 Å². The van der Waals surface area contributed by atoms with E-state index in [1.165, 1.54) is 11.3 Å². The van der Waals surface area contributed by atoms with E-state index in [2.05, 4.69) is 10.3 Å². The number of thiazole rings is 1. The summed E-state index contributed by atoms with van der Waals surface area (Å²) in [4.78, 5) is 29.1. The highest BCUT2D eigenvalue weighted by Gasteiger charge is 2.14. The lowest BCUT2D eigenvalue weighted by molar-refractivity contribution is 0.0729. The molecule has 30 heavy (non-hydrogen) atoms. The standard InChI is InChI=1S/C24H18N2O3S/c1-16-6-5-9-18(14-16)22(27)25-19-10-12-20(13-11-19)29-24(28)21-15-30-23(26-21)17-7-3-2-4-8-17/h2-15H,1H3,(H,25,27). The number of ether oxygens (including phenoxy) is 1. The monoisotopic (exact) mass is 414 g/mol. The summed E-state index contributed by atoms with van der Waals surface area (Å²) in [5, 5.41) is 5.27. The van der Waals surface area contributed by atoms with Crippen LogP contribution in [0.25, 0.3) is 10.6 Å². The Morgan fingerprint density at radius 3 is 2.43 bits per heavy atom. The maximum Gasteiger partial charge on any atom is 0.363 e. The number of nitrogens with zero attached hydrogens (tertiary/aromatic N) is 1. The minimum Gasteiger partial charge on any atom is -0.422 e. The number of rotatable bonds is 5. The number of esters is 1. The van der Waals surface area contributed by atoms with Crippen LogP contribution in [0.3, 0.4) is 0 Å². The molecule has 3 aromatic carbocycles. The molecular formula is C24H18N2O3S. The number of benzene rings is 3. The Morgan fingerprint density at radius 2 is 1.70 bits per heavy atom. The van der Waals surface area contributed by atoms with Crippen LogP contribution >= 0.6 is 11.3 Å². The van der Waals surface area contributed by atoms with Gasteiger partial charge in [-0.2, -0.15) is 0 Å². The molecule has 0 saturated carbocycles. The van der Waals surface area contributed by atoms with E-state index in [1.807, 2.05) is 55.5 Å². The van der Waals surface area contributed by atoms with Gasteiger partial charge < -0.3 is 10.1 Å². The Morgan fingerprint density at radius 1 is 0.933 bits per heavy atom. The number of anilines is 1. The molecule has 5 nitrogen and oxygen atoms in total. The number of hydrogen-bond acceptors (Lipinski definition) is 5. The highest BCUT2D eigenvalue weighted by atomic mass is 32.1. The molecule has 1 amide bonds. The van der Waals surface area contributed by atoms with Crippen LogP contribution < -0.4 is 10.1 Å². The maximum absolute atomic E-state index is 12.4. The fraction of sp³-hybridized carbons (Fsp3) is 0.0417. The van der Waals surface area contributed by atoms with Gasteiger partial charge in [-0.15, -0.1) is 11.3 Å². The number of amides is 1. The molecule has 0 aliphatic rings. The van der Waals surface area contributed by atoms with Gasteiger partial charge in [0.2, 0.25) is 0 Å². The summed E-state index contributed by atoms with van der Waals surface area (Å²) in [6.45, 7) is 1.94. The number of aryl methyl sites for hydroxylation is 1. The molecule has 0 fully saturated rings. The lowest BCUT2D eigenvalue weighted by Crippen LogP contribution is -2.12. The minimum absolute atomic E-state index is 0.195. The van der Waals surface area contributed by atoms with Crippen molar-refractivity contribution in [3.63, 3.8) is 0 Å². The van der Waals surface area contributed by atoms with Gasteiger partial charge in [-0.05, 0) is 43.3 Å². The van der Waals surface area contributed by atoms with Crippen molar-refractivity contribution in [3.8, 4) is 16.3 Å². The lowest BCUT2D eigenvalue weighted by atomic mass is 10.1. The molecule has 0 saturated heterocycles. The normalized spacial score (nSPS) is 10.4. The molecule has 6 heteroatoms. The molecule has 0 unspecified atom stereocenters. The minimum atomic E-state index is -0.523. The van der Waals surface area contributed by atoms with Crippen LogP contribution in [0.4, 0.5) is 5.69 Å². The van der Waals surface area contributed by atoms with E-state index in [0.717, 1.165) is 16.1 Å². The predicted molar refractivity (Wildman–Crippen MR) is 118 cm³/mol. The van der Waals surface area contributed by atoms with E-state index in [0.29, 0.717) is 17.0 Å². The van der Waals surface area contributed by atoms with Crippen LogP contribution in [-0.2, 0) is 0 Å². The van der Waals surface area contributed by atoms with Gasteiger partial charge in [0.15, 0.2) is 5.69 Å². The highest BCUT2D eigenvalue weighted by molar-refractivity contribution is 7.13. The van der Waals surface area contributed by atoms with Crippen molar-refractivity contribution in [1.29, 1.82) is 0 Å². The van der Waals surface area contributed by atoms with E-state index >= 15 is 0 Å². The maximum atomic E-state index is 12.4. The summed E-state index contributed by atoms with van der Waals surface area (Å²) < 4.78 is 5.40. The van der Waals surface area contributed by atoms with Crippen LogP contribution in [0, 0.1) is 6.92 Å². The molecule has 4 aromatic rings. The molecule has 1 aromatic heterocycles. The van der Waals surface area contributed by atoms with Crippen LogP contribution in [0.2, 0.25) is 0 Å². The number of nitrogens with one attached hydrogen (secondary N) is 1. The molecule has 0 aliphatic heterocycles. The fourth-order valence-electron chi connectivity index (χ4n) is 2.84. The average Bonchev–Trinajstić information content (AvgIpc) is 3.26. The van der Waals surface area contributed by atoms with Crippen LogP contribution in [0.15, 0.2) is 84.2 Å². The third-order valence-electron chi connectivity index (χ3n) is 4.34. The molecule has 0 radical (unpaired) electrons. The van der Waals surface area contributed by atoms with E-state index in [4.69, 9.17) is 4.74 Å². The van der Waals surface area contributed by atoms with Crippen LogP contribution in [0.1, 0.15) is 26.4 Å². The Labute approximate surface area is 178 Å². The fourth-order valence-corrected chi connectivity index (χ4v) is 3.63. The van der Waals surface area contributed by atoms with Gasteiger partial charge >= 0.3 is 5.97 Å². The van der Waals surface area contributed by atoms with E-state index in [9.17, 15) is 9.59 Å². The van der Waals surface area contributed by atoms with Gasteiger partial charge in [-0.25, -0.2) is 9.78 Å². The molecule has 1 N–H and O–H groups in total. The topological polar surface area (TPSA) is 68.3 Å². The summed E-state index contributed by atoms with van der Waals surface area (Å²) in [7, 11) is 0. The largest absolute Gasteiger partial charge is 0.422 e. The Hall–Kier alpha value is -3.77. The second-order valence-corrected chi connectivity index (χ2v) is 7.50. The van der Waals surface area contributed by atoms with Crippen molar-refractivity contribution in [3.05, 3.63) is 101 Å². The van der Waals surface area contributed by atoms with E-state index in [-0.39, 0.29) is 11.6 Å². The summed E-state index contributed by atoms with van der Waals surface area (Å²) in [6.07, 6.45) is 0. The quantitative estimate of drug-likeness (QED) is 0.341. The smallest absolute Gasteiger partial charge is 0.363 e. The first-order chi connectivity index (χ1) is 14.6. The van der Waals surface area contributed by atoms with Gasteiger partial charge in [-0.1, -0.05) is 48.0 Å². The number of aromatic nitrogens is 1. The first-order valence-corrected chi connectivity index (χ1v) is 10.2. The molecule has 148 valence electrons. The summed E-state index contributed by atoms with van der Waals surface area (Å²) in [6, 6.07) is 23.7. The number of carbonyl (C=O) groups is 2. The molecular weight excluding hydrogens is 396 g/mol. The van der Waals surface area contributed by atoms with Crippen molar-refractivity contribution in [1.82, 2.24) is 4.98 Å². The molecule has 1 heterocycles. The van der Waals surface area contributed by atoms with Gasteiger partial charge in [0.25, 0.3) is 5.91 Å². The predicted octanol–water partition coefficient (Wildman–Crippen LogP) is 5.59.